The SMILES string of the molecule is O=C(O)Cc1[nH]ccc1Cc1ccccc1-c1ccccc1-c1ccccc1. The highest BCUT2D eigenvalue weighted by Gasteiger charge is 2.14. The molecule has 4 aromatic rings. The highest BCUT2D eigenvalue weighted by Crippen LogP contribution is 2.34. The number of aliphatic carboxylic acids is 1. The number of carboxylic acids is 1. The van der Waals surface area contributed by atoms with Crippen molar-refractivity contribution in [2.45, 2.75) is 12.8 Å². The van der Waals surface area contributed by atoms with E-state index in [2.05, 4.69) is 71.7 Å². The molecule has 0 atom stereocenters. The van der Waals surface area contributed by atoms with Crippen LogP contribution in [-0.4, -0.2) is 16.1 Å². The van der Waals surface area contributed by atoms with Crippen molar-refractivity contribution in [3.63, 3.8) is 0 Å². The standard InChI is InChI=1S/C25H21NO2/c27-25(28)17-24-20(14-15-26-24)16-19-10-4-5-12-22(19)23-13-7-6-11-21(23)18-8-2-1-3-9-18/h1-15,26H,16-17H2,(H,27,28). The normalized spacial score (nSPS) is 10.7. The molecule has 0 saturated heterocycles. The van der Waals surface area contributed by atoms with Crippen LogP contribution in [0, 0.1) is 0 Å². The van der Waals surface area contributed by atoms with Crippen LogP contribution in [-0.2, 0) is 17.6 Å². The van der Waals surface area contributed by atoms with Gasteiger partial charge in [-0.15, -0.1) is 0 Å². The molecule has 0 saturated carbocycles. The van der Waals surface area contributed by atoms with Gasteiger partial charge < -0.3 is 10.1 Å². The van der Waals surface area contributed by atoms with Crippen molar-refractivity contribution in [1.29, 1.82) is 0 Å². The summed E-state index contributed by atoms with van der Waals surface area (Å²) in [7, 11) is 0. The maximum atomic E-state index is 11.1. The summed E-state index contributed by atoms with van der Waals surface area (Å²) in [6.45, 7) is 0. The second kappa shape index (κ2) is 7.97. The van der Waals surface area contributed by atoms with Gasteiger partial charge in [-0.3, -0.25) is 4.79 Å². The summed E-state index contributed by atoms with van der Waals surface area (Å²) in [5.41, 5.74) is 7.68. The summed E-state index contributed by atoms with van der Waals surface area (Å²) in [6.07, 6.45) is 2.50. The van der Waals surface area contributed by atoms with Crippen LogP contribution in [0.25, 0.3) is 22.3 Å². The first-order chi connectivity index (χ1) is 13.7. The van der Waals surface area contributed by atoms with Crippen molar-refractivity contribution in [2.24, 2.45) is 0 Å². The van der Waals surface area contributed by atoms with Gasteiger partial charge >= 0.3 is 5.97 Å². The van der Waals surface area contributed by atoms with Gasteiger partial charge in [0, 0.05) is 11.9 Å². The van der Waals surface area contributed by atoms with Crippen molar-refractivity contribution in [3.8, 4) is 22.3 Å². The number of benzene rings is 3. The number of hydrogen-bond donors (Lipinski definition) is 2. The van der Waals surface area contributed by atoms with E-state index in [0.29, 0.717) is 6.42 Å². The van der Waals surface area contributed by atoms with Gasteiger partial charge in [-0.05, 0) is 45.9 Å². The smallest absolute Gasteiger partial charge is 0.309 e. The highest BCUT2D eigenvalue weighted by atomic mass is 16.4. The number of carbonyl (C=O) groups is 1. The molecular formula is C25H21NO2. The van der Waals surface area contributed by atoms with E-state index in [0.717, 1.165) is 11.3 Å². The van der Waals surface area contributed by atoms with Crippen molar-refractivity contribution < 1.29 is 9.90 Å². The lowest BCUT2D eigenvalue weighted by atomic mass is 9.89. The molecule has 0 aliphatic carbocycles. The molecule has 138 valence electrons. The Balaban J connectivity index is 1.77. The molecule has 3 aromatic carbocycles. The Morgan fingerprint density at radius 2 is 1.36 bits per heavy atom. The van der Waals surface area contributed by atoms with Gasteiger partial charge in [0.15, 0.2) is 0 Å². The third kappa shape index (κ3) is 3.74. The first-order valence-electron chi connectivity index (χ1n) is 9.32. The van der Waals surface area contributed by atoms with Crippen LogP contribution in [0.4, 0.5) is 0 Å². The number of hydrogen-bond acceptors (Lipinski definition) is 1. The van der Waals surface area contributed by atoms with Crippen molar-refractivity contribution in [3.05, 3.63) is 108 Å². The van der Waals surface area contributed by atoms with Gasteiger partial charge in [0.1, 0.15) is 0 Å². The fraction of sp³-hybridized carbons (Fsp3) is 0.0800. The van der Waals surface area contributed by atoms with E-state index in [1.807, 2.05) is 24.4 Å². The number of aromatic nitrogens is 1. The Bertz CT molecular complexity index is 1100. The van der Waals surface area contributed by atoms with E-state index in [1.54, 1.807) is 0 Å². The fourth-order valence-corrected chi connectivity index (χ4v) is 3.65. The molecule has 28 heavy (non-hydrogen) atoms. The molecule has 0 aliphatic heterocycles. The molecule has 0 amide bonds. The maximum Gasteiger partial charge on any atom is 0.309 e. The van der Waals surface area contributed by atoms with Gasteiger partial charge in [0.2, 0.25) is 0 Å². The number of H-pyrrole nitrogens is 1. The van der Waals surface area contributed by atoms with Crippen LogP contribution in [0.1, 0.15) is 16.8 Å². The molecular weight excluding hydrogens is 346 g/mol. The zero-order valence-corrected chi connectivity index (χ0v) is 15.4. The first kappa shape index (κ1) is 17.8. The summed E-state index contributed by atoms with van der Waals surface area (Å²) in [6, 6.07) is 29.1. The lowest BCUT2D eigenvalue weighted by Gasteiger charge is -2.14. The molecule has 3 heteroatoms. The Hall–Kier alpha value is -3.59. The van der Waals surface area contributed by atoms with Crippen LogP contribution in [0.2, 0.25) is 0 Å². The van der Waals surface area contributed by atoms with E-state index < -0.39 is 5.97 Å². The van der Waals surface area contributed by atoms with E-state index in [-0.39, 0.29) is 6.42 Å². The largest absolute Gasteiger partial charge is 0.481 e. The Kier molecular flexibility index (Phi) is 5.07. The van der Waals surface area contributed by atoms with Gasteiger partial charge in [-0.25, -0.2) is 0 Å². The zero-order valence-electron chi connectivity index (χ0n) is 15.4. The third-order valence-electron chi connectivity index (χ3n) is 4.96. The summed E-state index contributed by atoms with van der Waals surface area (Å²) >= 11 is 0. The molecule has 0 unspecified atom stereocenters. The maximum absolute atomic E-state index is 11.1. The van der Waals surface area contributed by atoms with Crippen LogP contribution in [0.5, 0.6) is 0 Å². The van der Waals surface area contributed by atoms with Crippen LogP contribution < -0.4 is 0 Å². The summed E-state index contributed by atoms with van der Waals surface area (Å²) in [5, 5.41) is 9.15. The number of carboxylic acid groups (broad SMARTS) is 1. The predicted molar refractivity (Wildman–Crippen MR) is 112 cm³/mol. The van der Waals surface area contributed by atoms with Crippen LogP contribution >= 0.6 is 0 Å². The number of rotatable bonds is 6. The molecule has 0 spiro atoms. The van der Waals surface area contributed by atoms with E-state index in [9.17, 15) is 4.79 Å². The second-order valence-electron chi connectivity index (χ2n) is 6.80. The number of aromatic amines is 1. The quantitative estimate of drug-likeness (QED) is 0.468. The Labute approximate surface area is 164 Å². The van der Waals surface area contributed by atoms with Gasteiger partial charge in [0.25, 0.3) is 0 Å². The molecule has 1 heterocycles. The summed E-state index contributed by atoms with van der Waals surface area (Å²) in [5.74, 6) is -0.827. The van der Waals surface area contributed by atoms with E-state index >= 15 is 0 Å². The molecule has 0 aliphatic rings. The molecule has 0 fully saturated rings. The summed E-state index contributed by atoms with van der Waals surface area (Å²) in [4.78, 5) is 14.2. The Morgan fingerprint density at radius 1 is 0.714 bits per heavy atom. The summed E-state index contributed by atoms with van der Waals surface area (Å²) < 4.78 is 0. The van der Waals surface area contributed by atoms with Crippen molar-refractivity contribution in [2.75, 3.05) is 0 Å². The molecule has 4 rings (SSSR count). The lowest BCUT2D eigenvalue weighted by molar-refractivity contribution is -0.136. The van der Waals surface area contributed by atoms with E-state index in [1.165, 1.54) is 27.8 Å². The average molecular weight is 367 g/mol. The van der Waals surface area contributed by atoms with E-state index in [4.69, 9.17) is 5.11 Å². The number of nitrogens with one attached hydrogen (secondary N) is 1. The minimum atomic E-state index is -0.827. The minimum absolute atomic E-state index is 0.00506. The fourth-order valence-electron chi connectivity index (χ4n) is 3.65. The zero-order chi connectivity index (χ0) is 19.3. The first-order valence-corrected chi connectivity index (χ1v) is 9.32. The molecule has 1 aromatic heterocycles. The molecule has 0 bridgehead atoms. The predicted octanol–water partition coefficient (Wildman–Crippen LogP) is 5.57. The average Bonchev–Trinajstić information content (AvgIpc) is 3.15. The van der Waals surface area contributed by atoms with Gasteiger partial charge in [0.05, 0.1) is 6.42 Å². The van der Waals surface area contributed by atoms with Crippen LogP contribution in [0.3, 0.4) is 0 Å². The second-order valence-corrected chi connectivity index (χ2v) is 6.80. The molecule has 2 N–H and O–H groups in total. The lowest BCUT2D eigenvalue weighted by Crippen LogP contribution is -2.04. The van der Waals surface area contributed by atoms with Gasteiger partial charge in [-0.1, -0.05) is 78.9 Å². The highest BCUT2D eigenvalue weighted by molar-refractivity contribution is 5.85. The molecule has 0 radical (unpaired) electrons. The van der Waals surface area contributed by atoms with Crippen molar-refractivity contribution >= 4 is 5.97 Å². The Morgan fingerprint density at radius 3 is 2.11 bits per heavy atom. The molecule has 3 nitrogen and oxygen atoms in total. The minimum Gasteiger partial charge on any atom is -0.481 e. The van der Waals surface area contributed by atoms with Gasteiger partial charge in [-0.2, -0.15) is 0 Å². The third-order valence-corrected chi connectivity index (χ3v) is 4.96. The van der Waals surface area contributed by atoms with Crippen LogP contribution in [0.15, 0.2) is 91.1 Å². The topological polar surface area (TPSA) is 53.1 Å². The monoisotopic (exact) mass is 367 g/mol. The van der Waals surface area contributed by atoms with Crippen molar-refractivity contribution in [1.82, 2.24) is 4.98 Å².